The van der Waals surface area contributed by atoms with Crippen LogP contribution < -0.4 is 10.1 Å². The van der Waals surface area contributed by atoms with E-state index in [0.717, 1.165) is 28.2 Å². The molecule has 0 bridgehead atoms. The van der Waals surface area contributed by atoms with E-state index in [1.807, 2.05) is 31.2 Å². The number of ether oxygens (including phenoxy) is 1. The number of methoxy groups -OCH3 is 1. The number of aromatic nitrogens is 2. The number of aryl methyl sites for hydroxylation is 1. The van der Waals surface area contributed by atoms with Gasteiger partial charge in [0.15, 0.2) is 0 Å². The standard InChI is InChI=1S/C14H13N3O2/c1-9-7-19-14-12(9)13(15-8-16-14)17-10-3-5-11(18-2)6-4-10/h3-8H,1-2H3,(H,15,16,17). The van der Waals surface area contributed by atoms with Gasteiger partial charge in [-0.25, -0.2) is 9.97 Å². The maximum Gasteiger partial charge on any atom is 0.231 e. The van der Waals surface area contributed by atoms with Crippen LogP contribution in [0.5, 0.6) is 5.75 Å². The van der Waals surface area contributed by atoms with Gasteiger partial charge in [0.2, 0.25) is 5.71 Å². The summed E-state index contributed by atoms with van der Waals surface area (Å²) in [7, 11) is 1.64. The normalized spacial score (nSPS) is 10.6. The van der Waals surface area contributed by atoms with E-state index in [1.165, 1.54) is 6.33 Å². The third-order valence-corrected chi connectivity index (χ3v) is 2.91. The number of nitrogens with zero attached hydrogens (tertiary/aromatic N) is 2. The Morgan fingerprint density at radius 2 is 1.95 bits per heavy atom. The van der Waals surface area contributed by atoms with Crippen molar-refractivity contribution < 1.29 is 9.15 Å². The third-order valence-electron chi connectivity index (χ3n) is 2.91. The quantitative estimate of drug-likeness (QED) is 0.778. The molecule has 3 rings (SSSR count). The summed E-state index contributed by atoms with van der Waals surface area (Å²) in [5.74, 6) is 1.55. The fourth-order valence-corrected chi connectivity index (χ4v) is 1.92. The van der Waals surface area contributed by atoms with Gasteiger partial charge in [0.05, 0.1) is 18.8 Å². The second-order valence-electron chi connectivity index (χ2n) is 4.17. The van der Waals surface area contributed by atoms with Crippen LogP contribution in [0.1, 0.15) is 5.56 Å². The van der Waals surface area contributed by atoms with Crippen LogP contribution in [0.4, 0.5) is 11.5 Å². The highest BCUT2D eigenvalue weighted by Crippen LogP contribution is 2.27. The molecule has 0 aliphatic carbocycles. The molecule has 0 radical (unpaired) electrons. The van der Waals surface area contributed by atoms with Crippen molar-refractivity contribution >= 4 is 22.6 Å². The van der Waals surface area contributed by atoms with Crippen LogP contribution in [-0.2, 0) is 0 Å². The molecule has 3 aromatic rings. The second-order valence-corrected chi connectivity index (χ2v) is 4.17. The predicted molar refractivity (Wildman–Crippen MR) is 72.8 cm³/mol. The average Bonchev–Trinajstić information content (AvgIpc) is 2.83. The Morgan fingerprint density at radius 1 is 1.16 bits per heavy atom. The van der Waals surface area contributed by atoms with E-state index in [0.29, 0.717) is 5.71 Å². The molecule has 0 spiro atoms. The van der Waals surface area contributed by atoms with Gasteiger partial charge in [0.25, 0.3) is 0 Å². The van der Waals surface area contributed by atoms with E-state index in [-0.39, 0.29) is 0 Å². The molecule has 5 nitrogen and oxygen atoms in total. The lowest BCUT2D eigenvalue weighted by Crippen LogP contribution is -1.95. The highest BCUT2D eigenvalue weighted by Gasteiger charge is 2.10. The maximum absolute atomic E-state index is 5.35. The summed E-state index contributed by atoms with van der Waals surface area (Å²) in [5.41, 5.74) is 2.52. The molecule has 2 heterocycles. The summed E-state index contributed by atoms with van der Waals surface area (Å²) < 4.78 is 10.5. The topological polar surface area (TPSA) is 60.2 Å². The van der Waals surface area contributed by atoms with Crippen LogP contribution in [0, 0.1) is 6.92 Å². The zero-order chi connectivity index (χ0) is 13.2. The number of rotatable bonds is 3. The molecular weight excluding hydrogens is 242 g/mol. The second kappa shape index (κ2) is 4.61. The van der Waals surface area contributed by atoms with E-state index in [9.17, 15) is 0 Å². The lowest BCUT2D eigenvalue weighted by atomic mass is 10.2. The van der Waals surface area contributed by atoms with Crippen LogP contribution in [0.3, 0.4) is 0 Å². The van der Waals surface area contributed by atoms with Gasteiger partial charge in [0.1, 0.15) is 17.9 Å². The van der Waals surface area contributed by atoms with Crippen molar-refractivity contribution in [2.24, 2.45) is 0 Å². The summed E-state index contributed by atoms with van der Waals surface area (Å²) in [6, 6.07) is 7.65. The summed E-state index contributed by atoms with van der Waals surface area (Å²) in [6.07, 6.45) is 3.16. The van der Waals surface area contributed by atoms with Crippen molar-refractivity contribution in [3.63, 3.8) is 0 Å². The fourth-order valence-electron chi connectivity index (χ4n) is 1.92. The Morgan fingerprint density at radius 3 is 2.68 bits per heavy atom. The molecule has 19 heavy (non-hydrogen) atoms. The maximum atomic E-state index is 5.35. The van der Waals surface area contributed by atoms with Crippen LogP contribution in [0.15, 0.2) is 41.3 Å². The van der Waals surface area contributed by atoms with Crippen molar-refractivity contribution in [2.45, 2.75) is 6.92 Å². The summed E-state index contributed by atoms with van der Waals surface area (Å²) >= 11 is 0. The highest BCUT2D eigenvalue weighted by atomic mass is 16.5. The number of anilines is 2. The van der Waals surface area contributed by atoms with E-state index < -0.39 is 0 Å². The first-order valence-corrected chi connectivity index (χ1v) is 5.88. The van der Waals surface area contributed by atoms with Gasteiger partial charge < -0.3 is 14.5 Å². The molecule has 2 aromatic heterocycles. The predicted octanol–water partition coefficient (Wildman–Crippen LogP) is 3.28. The van der Waals surface area contributed by atoms with Gasteiger partial charge in [-0.3, -0.25) is 0 Å². The number of fused-ring (bicyclic) bond motifs is 1. The Bertz CT molecular complexity index is 704. The molecule has 0 aliphatic heterocycles. The van der Waals surface area contributed by atoms with Crippen LogP contribution >= 0.6 is 0 Å². The van der Waals surface area contributed by atoms with Gasteiger partial charge in [-0.15, -0.1) is 0 Å². The molecule has 0 fully saturated rings. The molecule has 1 aromatic carbocycles. The Labute approximate surface area is 110 Å². The Balaban J connectivity index is 1.98. The smallest absolute Gasteiger partial charge is 0.231 e. The average molecular weight is 255 g/mol. The molecule has 0 unspecified atom stereocenters. The minimum absolute atomic E-state index is 0.587. The van der Waals surface area contributed by atoms with Gasteiger partial charge in [-0.05, 0) is 31.2 Å². The highest BCUT2D eigenvalue weighted by molar-refractivity contribution is 5.90. The first-order valence-electron chi connectivity index (χ1n) is 5.88. The molecule has 0 amide bonds. The molecule has 96 valence electrons. The molecule has 0 atom stereocenters. The van der Waals surface area contributed by atoms with Crippen LogP contribution in [0.2, 0.25) is 0 Å². The summed E-state index contributed by atoms with van der Waals surface area (Å²) in [4.78, 5) is 8.36. The van der Waals surface area contributed by atoms with Crippen molar-refractivity contribution in [3.8, 4) is 5.75 Å². The zero-order valence-electron chi connectivity index (χ0n) is 10.7. The van der Waals surface area contributed by atoms with Crippen LogP contribution in [-0.4, -0.2) is 17.1 Å². The number of benzene rings is 1. The number of nitrogens with one attached hydrogen (secondary N) is 1. The van der Waals surface area contributed by atoms with Crippen molar-refractivity contribution in [1.82, 2.24) is 9.97 Å². The summed E-state index contributed by atoms with van der Waals surface area (Å²) in [5, 5.41) is 4.16. The van der Waals surface area contributed by atoms with E-state index in [1.54, 1.807) is 13.4 Å². The largest absolute Gasteiger partial charge is 0.497 e. The molecular formula is C14H13N3O2. The first-order chi connectivity index (χ1) is 9.28. The number of furan rings is 1. The first kappa shape index (κ1) is 11.5. The van der Waals surface area contributed by atoms with Crippen molar-refractivity contribution in [1.29, 1.82) is 0 Å². The van der Waals surface area contributed by atoms with E-state index in [2.05, 4.69) is 15.3 Å². The van der Waals surface area contributed by atoms with Gasteiger partial charge >= 0.3 is 0 Å². The number of hydrogen-bond acceptors (Lipinski definition) is 5. The zero-order valence-corrected chi connectivity index (χ0v) is 10.7. The van der Waals surface area contributed by atoms with Crippen molar-refractivity contribution in [3.05, 3.63) is 42.4 Å². The minimum Gasteiger partial charge on any atom is -0.497 e. The summed E-state index contributed by atoms with van der Waals surface area (Å²) in [6.45, 7) is 1.97. The molecule has 1 N–H and O–H groups in total. The molecule has 5 heteroatoms. The lowest BCUT2D eigenvalue weighted by Gasteiger charge is -2.07. The SMILES string of the molecule is COc1ccc(Nc2ncnc3occ(C)c23)cc1. The number of hydrogen-bond donors (Lipinski definition) is 1. The van der Waals surface area contributed by atoms with Gasteiger partial charge in [0, 0.05) is 11.3 Å². The monoisotopic (exact) mass is 255 g/mol. The lowest BCUT2D eigenvalue weighted by molar-refractivity contribution is 0.415. The van der Waals surface area contributed by atoms with E-state index >= 15 is 0 Å². The fraction of sp³-hybridized carbons (Fsp3) is 0.143. The molecule has 0 aliphatic rings. The van der Waals surface area contributed by atoms with E-state index in [4.69, 9.17) is 9.15 Å². The van der Waals surface area contributed by atoms with Gasteiger partial charge in [-0.2, -0.15) is 0 Å². The minimum atomic E-state index is 0.587. The Kier molecular flexibility index (Phi) is 2.79. The third kappa shape index (κ3) is 2.10. The molecule has 0 saturated carbocycles. The van der Waals surface area contributed by atoms with Crippen molar-refractivity contribution in [2.75, 3.05) is 12.4 Å². The van der Waals surface area contributed by atoms with Gasteiger partial charge in [-0.1, -0.05) is 0 Å². The Hall–Kier alpha value is -2.56. The molecule has 0 saturated heterocycles. The van der Waals surface area contributed by atoms with Crippen LogP contribution in [0.25, 0.3) is 11.1 Å².